The monoisotopic (exact) mass is 358 g/mol. The number of methoxy groups -OCH3 is 1. The summed E-state index contributed by atoms with van der Waals surface area (Å²) in [4.78, 5) is 16.1. The number of rotatable bonds is 5. The van der Waals surface area contributed by atoms with E-state index in [0.717, 1.165) is 5.56 Å². The largest absolute Gasteiger partial charge is 0.497 e. The maximum atomic E-state index is 11.9. The molecule has 2 N–H and O–H groups in total. The first-order valence-corrected chi connectivity index (χ1v) is 7.79. The Morgan fingerprint density at radius 3 is 2.80 bits per heavy atom. The van der Waals surface area contributed by atoms with Gasteiger partial charge in [-0.05, 0) is 36.4 Å². The Hall–Kier alpha value is -3.06. The lowest BCUT2D eigenvalue weighted by Gasteiger charge is -2.05. The van der Waals surface area contributed by atoms with Crippen LogP contribution in [0.15, 0.2) is 53.1 Å². The molecule has 0 aliphatic heterocycles. The number of anilines is 1. The average Bonchev–Trinajstić information content (AvgIpc) is 3.11. The van der Waals surface area contributed by atoms with Gasteiger partial charge in [-0.15, -0.1) is 0 Å². The second-order valence-corrected chi connectivity index (χ2v) is 5.49. The Labute approximate surface area is 149 Å². The molecule has 0 saturated heterocycles. The van der Waals surface area contributed by atoms with Crippen molar-refractivity contribution in [3.05, 3.63) is 59.4 Å². The second kappa shape index (κ2) is 7.67. The van der Waals surface area contributed by atoms with E-state index in [-0.39, 0.29) is 12.6 Å². The first kappa shape index (κ1) is 16.8. The highest BCUT2D eigenvalue weighted by molar-refractivity contribution is 6.30. The van der Waals surface area contributed by atoms with Crippen LogP contribution in [0.2, 0.25) is 5.02 Å². The lowest BCUT2D eigenvalue weighted by atomic mass is 10.2. The molecule has 0 aliphatic rings. The number of hydrogen-bond donors (Lipinski definition) is 2. The number of ether oxygens (including phenoxy) is 1. The van der Waals surface area contributed by atoms with Gasteiger partial charge >= 0.3 is 6.03 Å². The van der Waals surface area contributed by atoms with Gasteiger partial charge in [0.15, 0.2) is 0 Å². The first-order valence-electron chi connectivity index (χ1n) is 7.41. The van der Waals surface area contributed by atoms with Gasteiger partial charge in [-0.2, -0.15) is 4.98 Å². The molecule has 0 saturated carbocycles. The van der Waals surface area contributed by atoms with Gasteiger partial charge in [0.2, 0.25) is 11.7 Å². The topological polar surface area (TPSA) is 89.3 Å². The van der Waals surface area contributed by atoms with Crippen molar-refractivity contribution in [3.63, 3.8) is 0 Å². The SMILES string of the molecule is COc1cccc(-c2noc(CNC(=O)Nc3ccc(Cl)cc3)n2)c1. The highest BCUT2D eigenvalue weighted by Crippen LogP contribution is 2.21. The molecule has 8 heteroatoms. The number of carbonyl (C=O) groups excluding carboxylic acids is 1. The molecule has 0 aliphatic carbocycles. The van der Waals surface area contributed by atoms with Crippen molar-refractivity contribution < 1.29 is 14.1 Å². The number of hydrogen-bond acceptors (Lipinski definition) is 5. The molecule has 0 radical (unpaired) electrons. The number of carbonyl (C=O) groups is 1. The molecule has 25 heavy (non-hydrogen) atoms. The quantitative estimate of drug-likeness (QED) is 0.725. The third-order valence-electron chi connectivity index (χ3n) is 3.30. The van der Waals surface area contributed by atoms with Crippen molar-refractivity contribution in [3.8, 4) is 17.1 Å². The zero-order valence-electron chi connectivity index (χ0n) is 13.3. The number of nitrogens with zero attached hydrogens (tertiary/aromatic N) is 2. The van der Waals surface area contributed by atoms with Crippen molar-refractivity contribution in [1.82, 2.24) is 15.5 Å². The van der Waals surface area contributed by atoms with E-state index >= 15 is 0 Å². The standard InChI is InChI=1S/C17H15ClN4O3/c1-24-14-4-2-3-11(9-14)16-21-15(25-22-16)10-19-17(23)20-13-7-5-12(18)6-8-13/h2-9H,10H2,1H3,(H2,19,20,23). The van der Waals surface area contributed by atoms with Gasteiger partial charge in [0.05, 0.1) is 13.7 Å². The smallest absolute Gasteiger partial charge is 0.319 e. The van der Waals surface area contributed by atoms with Crippen LogP contribution in [0.5, 0.6) is 5.75 Å². The zero-order valence-corrected chi connectivity index (χ0v) is 14.1. The fourth-order valence-corrected chi connectivity index (χ4v) is 2.20. The molecule has 0 atom stereocenters. The number of nitrogens with one attached hydrogen (secondary N) is 2. The molecule has 128 valence electrons. The van der Waals surface area contributed by atoms with Crippen molar-refractivity contribution in [2.24, 2.45) is 0 Å². The molecule has 0 spiro atoms. The zero-order chi connectivity index (χ0) is 17.6. The van der Waals surface area contributed by atoms with Gasteiger partial charge < -0.3 is 19.9 Å². The molecule has 3 rings (SSSR count). The molecule has 1 heterocycles. The fourth-order valence-electron chi connectivity index (χ4n) is 2.07. The van der Waals surface area contributed by atoms with Gasteiger partial charge in [0.1, 0.15) is 5.75 Å². The molecular formula is C17H15ClN4O3. The number of aromatic nitrogens is 2. The van der Waals surface area contributed by atoms with Crippen molar-refractivity contribution in [2.75, 3.05) is 12.4 Å². The summed E-state index contributed by atoms with van der Waals surface area (Å²) in [5.74, 6) is 1.42. The maximum absolute atomic E-state index is 11.9. The lowest BCUT2D eigenvalue weighted by Crippen LogP contribution is -2.28. The van der Waals surface area contributed by atoms with Crippen LogP contribution in [-0.2, 0) is 6.54 Å². The summed E-state index contributed by atoms with van der Waals surface area (Å²) in [5, 5.41) is 9.83. The van der Waals surface area contributed by atoms with Crippen LogP contribution in [-0.4, -0.2) is 23.3 Å². The van der Waals surface area contributed by atoms with Gasteiger partial charge in [0, 0.05) is 16.3 Å². The minimum atomic E-state index is -0.386. The van der Waals surface area contributed by atoms with Gasteiger partial charge in [-0.1, -0.05) is 28.9 Å². The number of urea groups is 1. The second-order valence-electron chi connectivity index (χ2n) is 5.06. The van der Waals surface area contributed by atoms with E-state index in [1.807, 2.05) is 18.2 Å². The summed E-state index contributed by atoms with van der Waals surface area (Å²) in [6.45, 7) is 0.108. The molecule has 7 nitrogen and oxygen atoms in total. The van der Waals surface area contributed by atoms with Crippen LogP contribution in [0.25, 0.3) is 11.4 Å². The van der Waals surface area contributed by atoms with Crippen LogP contribution in [0.1, 0.15) is 5.89 Å². The molecule has 0 unspecified atom stereocenters. The molecule has 2 amide bonds. The predicted molar refractivity (Wildman–Crippen MR) is 93.6 cm³/mol. The Kier molecular flexibility index (Phi) is 5.15. The summed E-state index contributed by atoms with van der Waals surface area (Å²) < 4.78 is 10.3. The van der Waals surface area contributed by atoms with Crippen LogP contribution in [0.4, 0.5) is 10.5 Å². The van der Waals surface area contributed by atoms with Crippen LogP contribution in [0, 0.1) is 0 Å². The highest BCUT2D eigenvalue weighted by Gasteiger charge is 2.10. The molecule has 0 fully saturated rings. The van der Waals surface area contributed by atoms with Crippen LogP contribution in [0.3, 0.4) is 0 Å². The third-order valence-corrected chi connectivity index (χ3v) is 3.55. The normalized spacial score (nSPS) is 10.3. The molecule has 3 aromatic rings. The Balaban J connectivity index is 1.57. The predicted octanol–water partition coefficient (Wildman–Crippen LogP) is 3.72. The third kappa shape index (κ3) is 4.48. The van der Waals surface area contributed by atoms with E-state index in [9.17, 15) is 4.79 Å². The van der Waals surface area contributed by atoms with Crippen LogP contribution < -0.4 is 15.4 Å². The van der Waals surface area contributed by atoms with E-state index in [2.05, 4.69) is 20.8 Å². The fraction of sp³-hybridized carbons (Fsp3) is 0.118. The summed E-state index contributed by atoms with van der Waals surface area (Å²) in [7, 11) is 1.59. The number of halogens is 1. The van der Waals surface area contributed by atoms with E-state index in [0.29, 0.717) is 28.2 Å². The highest BCUT2D eigenvalue weighted by atomic mass is 35.5. The number of amides is 2. The van der Waals surface area contributed by atoms with E-state index in [1.54, 1.807) is 37.4 Å². The van der Waals surface area contributed by atoms with Crippen molar-refractivity contribution >= 4 is 23.3 Å². The molecule has 2 aromatic carbocycles. The first-order chi connectivity index (χ1) is 12.1. The Bertz CT molecular complexity index is 864. The summed E-state index contributed by atoms with van der Waals surface area (Å²) in [6.07, 6.45) is 0. The number of benzene rings is 2. The molecular weight excluding hydrogens is 344 g/mol. The maximum Gasteiger partial charge on any atom is 0.319 e. The van der Waals surface area contributed by atoms with E-state index in [4.69, 9.17) is 20.9 Å². The Morgan fingerprint density at radius 2 is 2.04 bits per heavy atom. The van der Waals surface area contributed by atoms with Gasteiger partial charge in [0.25, 0.3) is 0 Å². The minimum Gasteiger partial charge on any atom is -0.497 e. The summed E-state index contributed by atoms with van der Waals surface area (Å²) in [6, 6.07) is 13.7. The van der Waals surface area contributed by atoms with Gasteiger partial charge in [-0.25, -0.2) is 4.79 Å². The molecule has 0 bridgehead atoms. The summed E-state index contributed by atoms with van der Waals surface area (Å²) >= 11 is 5.80. The van der Waals surface area contributed by atoms with Crippen LogP contribution >= 0.6 is 11.6 Å². The summed E-state index contributed by atoms with van der Waals surface area (Å²) in [5.41, 5.74) is 1.39. The van der Waals surface area contributed by atoms with E-state index < -0.39 is 0 Å². The van der Waals surface area contributed by atoms with Crippen molar-refractivity contribution in [2.45, 2.75) is 6.54 Å². The average molecular weight is 359 g/mol. The Morgan fingerprint density at radius 1 is 1.24 bits per heavy atom. The molecule has 1 aromatic heterocycles. The van der Waals surface area contributed by atoms with E-state index in [1.165, 1.54) is 0 Å². The lowest BCUT2D eigenvalue weighted by molar-refractivity contribution is 0.249. The van der Waals surface area contributed by atoms with Gasteiger partial charge in [-0.3, -0.25) is 0 Å². The van der Waals surface area contributed by atoms with Crippen molar-refractivity contribution in [1.29, 1.82) is 0 Å². The minimum absolute atomic E-state index is 0.108.